The molecule has 1 heterocycles. The summed E-state index contributed by atoms with van der Waals surface area (Å²) in [6, 6.07) is 1.52. The van der Waals surface area contributed by atoms with Gasteiger partial charge in [-0.2, -0.15) is 0 Å². The number of halogens is 1. The van der Waals surface area contributed by atoms with Crippen LogP contribution in [0.3, 0.4) is 0 Å². The van der Waals surface area contributed by atoms with Crippen LogP contribution in [0.4, 0.5) is 5.82 Å². The quantitative estimate of drug-likeness (QED) is 0.756. The number of aromatic nitrogens is 2. The van der Waals surface area contributed by atoms with Gasteiger partial charge in [0.1, 0.15) is 28.3 Å². The zero-order chi connectivity index (χ0) is 8.97. The fourth-order valence-corrected chi connectivity index (χ4v) is 1.21. The normalized spacial score (nSPS) is 12.5. The van der Waals surface area contributed by atoms with Crippen LogP contribution in [0.2, 0.25) is 5.15 Å². The first-order valence-corrected chi connectivity index (χ1v) is 5.04. The van der Waals surface area contributed by atoms with E-state index in [1.54, 1.807) is 0 Å². The molecule has 66 valence electrons. The van der Waals surface area contributed by atoms with Crippen molar-refractivity contribution in [3.63, 3.8) is 0 Å². The van der Waals surface area contributed by atoms with Crippen molar-refractivity contribution in [3.8, 4) is 0 Å². The van der Waals surface area contributed by atoms with Gasteiger partial charge in [0.15, 0.2) is 0 Å². The Morgan fingerprint density at radius 2 is 2.42 bits per heavy atom. The molecule has 1 atom stereocenters. The fourth-order valence-electron chi connectivity index (χ4n) is 0.578. The van der Waals surface area contributed by atoms with Gasteiger partial charge in [0, 0.05) is 11.8 Å². The van der Waals surface area contributed by atoms with Gasteiger partial charge in [-0.25, -0.2) is 14.2 Å². The second-order valence-electron chi connectivity index (χ2n) is 1.96. The molecule has 0 spiro atoms. The molecule has 0 bridgehead atoms. The molecule has 0 saturated heterocycles. The summed E-state index contributed by atoms with van der Waals surface area (Å²) in [7, 11) is -1.09. The second kappa shape index (κ2) is 4.37. The second-order valence-corrected chi connectivity index (χ2v) is 3.82. The van der Waals surface area contributed by atoms with Gasteiger partial charge in [-0.3, -0.25) is 4.72 Å². The zero-order valence-corrected chi connectivity index (χ0v) is 8.02. The summed E-state index contributed by atoms with van der Waals surface area (Å²) >= 11 is 5.58. The van der Waals surface area contributed by atoms with E-state index in [1.807, 2.05) is 6.92 Å². The Morgan fingerprint density at radius 3 is 3.00 bits per heavy atom. The maximum atomic E-state index is 11.0. The van der Waals surface area contributed by atoms with Crippen LogP contribution in [0.5, 0.6) is 0 Å². The minimum atomic E-state index is -1.09. The molecule has 0 amide bonds. The third-order valence-electron chi connectivity index (χ3n) is 1.11. The first-order chi connectivity index (χ1) is 5.72. The highest BCUT2D eigenvalue weighted by Gasteiger charge is 1.98. The molecule has 4 nitrogen and oxygen atoms in total. The smallest absolute Gasteiger partial charge is 0.142 e. The van der Waals surface area contributed by atoms with Gasteiger partial charge in [-0.15, -0.1) is 0 Å². The molecule has 12 heavy (non-hydrogen) atoms. The third-order valence-corrected chi connectivity index (χ3v) is 2.28. The summed E-state index contributed by atoms with van der Waals surface area (Å²) in [4.78, 5) is 7.52. The number of anilines is 1. The molecular weight excluding hydrogens is 198 g/mol. The highest BCUT2D eigenvalue weighted by Crippen LogP contribution is 2.08. The van der Waals surface area contributed by atoms with E-state index >= 15 is 0 Å². The summed E-state index contributed by atoms with van der Waals surface area (Å²) in [5, 5.41) is 0.334. The maximum absolute atomic E-state index is 11.0. The molecular formula is C6H8ClN3OS. The average molecular weight is 206 g/mol. The SMILES string of the molecule is CCS(=O)Nc1cc(Cl)ncn1. The molecule has 6 heteroatoms. The Balaban J connectivity index is 2.69. The lowest BCUT2D eigenvalue weighted by Gasteiger charge is -2.01. The molecule has 0 aliphatic heterocycles. The van der Waals surface area contributed by atoms with Crippen molar-refractivity contribution in [2.24, 2.45) is 0 Å². The van der Waals surface area contributed by atoms with Gasteiger partial charge in [-0.1, -0.05) is 18.5 Å². The summed E-state index contributed by atoms with van der Waals surface area (Å²) < 4.78 is 13.7. The van der Waals surface area contributed by atoms with E-state index in [4.69, 9.17) is 11.6 Å². The molecule has 1 rings (SSSR count). The van der Waals surface area contributed by atoms with Crippen LogP contribution in [-0.4, -0.2) is 19.9 Å². The molecule has 1 unspecified atom stereocenters. The highest BCUT2D eigenvalue weighted by molar-refractivity contribution is 7.86. The maximum Gasteiger partial charge on any atom is 0.142 e. The van der Waals surface area contributed by atoms with Crippen molar-refractivity contribution in [1.29, 1.82) is 0 Å². The van der Waals surface area contributed by atoms with Crippen molar-refractivity contribution >= 4 is 28.4 Å². The third kappa shape index (κ3) is 2.75. The Labute approximate surface area is 78.0 Å². The predicted octanol–water partition coefficient (Wildman–Crippen LogP) is 1.23. The van der Waals surface area contributed by atoms with Crippen LogP contribution >= 0.6 is 11.6 Å². The fraction of sp³-hybridized carbons (Fsp3) is 0.333. The van der Waals surface area contributed by atoms with E-state index in [9.17, 15) is 4.21 Å². The first-order valence-electron chi connectivity index (χ1n) is 3.35. The van der Waals surface area contributed by atoms with Gasteiger partial charge in [0.2, 0.25) is 0 Å². The molecule has 0 aliphatic rings. The molecule has 1 aromatic rings. The van der Waals surface area contributed by atoms with Crippen LogP contribution in [0, 0.1) is 0 Å². The number of rotatable bonds is 3. The summed E-state index contributed by atoms with van der Waals surface area (Å²) in [5.41, 5.74) is 0. The van der Waals surface area contributed by atoms with Gasteiger partial charge >= 0.3 is 0 Å². The molecule has 0 radical (unpaired) electrons. The monoisotopic (exact) mass is 205 g/mol. The first kappa shape index (κ1) is 9.41. The van der Waals surface area contributed by atoms with E-state index in [-0.39, 0.29) is 0 Å². The van der Waals surface area contributed by atoms with E-state index in [2.05, 4.69) is 14.7 Å². The number of nitrogens with zero attached hydrogens (tertiary/aromatic N) is 2. The molecule has 0 saturated carbocycles. The van der Waals surface area contributed by atoms with Crippen LogP contribution < -0.4 is 4.72 Å². The summed E-state index contributed by atoms with van der Waals surface area (Å²) in [6.45, 7) is 1.81. The van der Waals surface area contributed by atoms with Gasteiger partial charge < -0.3 is 0 Å². The Bertz CT molecular complexity index is 294. The number of hydrogen-bond acceptors (Lipinski definition) is 3. The summed E-state index contributed by atoms with van der Waals surface area (Å²) in [6.07, 6.45) is 1.32. The van der Waals surface area contributed by atoms with Crippen molar-refractivity contribution < 1.29 is 4.21 Å². The standard InChI is InChI=1S/C6H8ClN3OS/c1-2-12(11)10-6-3-5(7)8-4-9-6/h3-4H,2H2,1H3,(H,8,9,10). The summed E-state index contributed by atoms with van der Waals surface area (Å²) in [5.74, 6) is 1.01. The molecule has 0 aliphatic carbocycles. The van der Waals surface area contributed by atoms with E-state index < -0.39 is 11.0 Å². The Kier molecular flexibility index (Phi) is 3.43. The van der Waals surface area contributed by atoms with Crippen molar-refractivity contribution in [1.82, 2.24) is 9.97 Å². The molecule has 1 aromatic heterocycles. The largest absolute Gasteiger partial charge is 0.289 e. The van der Waals surface area contributed by atoms with E-state index in [1.165, 1.54) is 12.4 Å². The van der Waals surface area contributed by atoms with Crippen LogP contribution in [0.25, 0.3) is 0 Å². The molecule has 1 N–H and O–H groups in total. The van der Waals surface area contributed by atoms with Gasteiger partial charge in [-0.05, 0) is 0 Å². The minimum absolute atomic E-state index is 0.334. The van der Waals surface area contributed by atoms with Crippen molar-refractivity contribution in [2.75, 3.05) is 10.5 Å². The van der Waals surface area contributed by atoms with Crippen molar-refractivity contribution in [2.45, 2.75) is 6.92 Å². The van der Waals surface area contributed by atoms with E-state index in [0.717, 1.165) is 0 Å². The Morgan fingerprint density at radius 1 is 1.67 bits per heavy atom. The van der Waals surface area contributed by atoms with Gasteiger partial charge in [0.05, 0.1) is 0 Å². The number of nitrogens with one attached hydrogen (secondary N) is 1. The molecule has 0 aromatic carbocycles. The lowest BCUT2D eigenvalue weighted by Crippen LogP contribution is -2.07. The lowest BCUT2D eigenvalue weighted by atomic mass is 10.6. The van der Waals surface area contributed by atoms with Crippen molar-refractivity contribution in [3.05, 3.63) is 17.5 Å². The van der Waals surface area contributed by atoms with Crippen LogP contribution in [-0.2, 0) is 11.0 Å². The number of hydrogen-bond donors (Lipinski definition) is 1. The lowest BCUT2D eigenvalue weighted by molar-refractivity contribution is 0.687. The minimum Gasteiger partial charge on any atom is -0.289 e. The predicted molar refractivity (Wildman–Crippen MR) is 49.3 cm³/mol. The highest BCUT2D eigenvalue weighted by atomic mass is 35.5. The molecule has 0 fully saturated rings. The van der Waals surface area contributed by atoms with Gasteiger partial charge in [0.25, 0.3) is 0 Å². The van der Waals surface area contributed by atoms with Crippen LogP contribution in [0.15, 0.2) is 12.4 Å². The average Bonchev–Trinajstić information content (AvgIpc) is 2.04. The Hall–Kier alpha value is -0.680. The van der Waals surface area contributed by atoms with Crippen LogP contribution in [0.1, 0.15) is 6.92 Å². The topological polar surface area (TPSA) is 54.9 Å². The zero-order valence-electron chi connectivity index (χ0n) is 6.45. The van der Waals surface area contributed by atoms with E-state index in [0.29, 0.717) is 16.7 Å².